The topological polar surface area (TPSA) is 29.1 Å². The van der Waals surface area contributed by atoms with Crippen molar-refractivity contribution in [2.75, 3.05) is 5.32 Å². The minimum atomic E-state index is -4.43. The highest BCUT2D eigenvalue weighted by Gasteiger charge is 2.31. The third kappa shape index (κ3) is 4.22. The Kier molecular flexibility index (Phi) is 5.10. The molecule has 1 amide bonds. The van der Waals surface area contributed by atoms with Crippen LogP contribution >= 0.6 is 22.6 Å². The van der Waals surface area contributed by atoms with Gasteiger partial charge in [0.1, 0.15) is 0 Å². The Morgan fingerprint density at radius 2 is 1.86 bits per heavy atom. The van der Waals surface area contributed by atoms with Gasteiger partial charge in [-0.3, -0.25) is 4.79 Å². The smallest absolute Gasteiger partial charge is 0.325 e. The van der Waals surface area contributed by atoms with Crippen LogP contribution in [0.5, 0.6) is 0 Å². The molecule has 0 radical (unpaired) electrons. The number of amides is 1. The van der Waals surface area contributed by atoms with Crippen molar-refractivity contribution in [2.45, 2.75) is 19.5 Å². The van der Waals surface area contributed by atoms with Crippen molar-refractivity contribution < 1.29 is 18.0 Å². The van der Waals surface area contributed by atoms with Crippen molar-refractivity contribution in [3.05, 3.63) is 62.7 Å². The summed E-state index contributed by atoms with van der Waals surface area (Å²) in [7, 11) is 0. The van der Waals surface area contributed by atoms with Crippen molar-refractivity contribution in [3.8, 4) is 0 Å². The van der Waals surface area contributed by atoms with Crippen molar-refractivity contribution in [1.29, 1.82) is 0 Å². The zero-order valence-corrected chi connectivity index (χ0v) is 13.8. The molecule has 0 saturated heterocycles. The van der Waals surface area contributed by atoms with E-state index in [1.807, 2.05) is 53.8 Å². The lowest BCUT2D eigenvalue weighted by Crippen LogP contribution is -2.16. The van der Waals surface area contributed by atoms with E-state index >= 15 is 0 Å². The van der Waals surface area contributed by atoms with Crippen molar-refractivity contribution in [2.24, 2.45) is 0 Å². The lowest BCUT2D eigenvalue weighted by molar-refractivity contribution is -0.137. The molecule has 0 atom stereocenters. The third-order valence-corrected chi connectivity index (χ3v) is 4.12. The number of anilines is 1. The number of hydrogen-bond acceptors (Lipinski definition) is 1. The van der Waals surface area contributed by atoms with Gasteiger partial charge >= 0.3 is 6.18 Å². The van der Waals surface area contributed by atoms with Gasteiger partial charge in [0, 0.05) is 3.57 Å². The normalized spacial score (nSPS) is 11.3. The molecule has 0 saturated carbocycles. The zero-order chi connectivity index (χ0) is 16.3. The van der Waals surface area contributed by atoms with Gasteiger partial charge in [0.05, 0.1) is 17.7 Å². The first-order valence-corrected chi connectivity index (χ1v) is 7.56. The van der Waals surface area contributed by atoms with Gasteiger partial charge in [0.2, 0.25) is 5.91 Å². The molecule has 2 rings (SSSR count). The maximum Gasteiger partial charge on any atom is 0.416 e. The highest BCUT2D eigenvalue weighted by molar-refractivity contribution is 14.1. The first-order chi connectivity index (χ1) is 10.3. The average molecular weight is 419 g/mol. The molecule has 0 fully saturated rings. The van der Waals surface area contributed by atoms with E-state index in [1.54, 1.807) is 0 Å². The molecule has 0 unspecified atom stereocenters. The SMILES string of the molecule is Cc1ccccc1CC(=O)Nc1cc(C(F)(F)F)ccc1I. The molecule has 0 bridgehead atoms. The maximum absolute atomic E-state index is 12.7. The molecule has 22 heavy (non-hydrogen) atoms. The first kappa shape index (κ1) is 16.8. The summed E-state index contributed by atoms with van der Waals surface area (Å²) in [4.78, 5) is 12.1. The maximum atomic E-state index is 12.7. The second kappa shape index (κ2) is 6.68. The second-order valence-electron chi connectivity index (χ2n) is 4.84. The van der Waals surface area contributed by atoms with Crippen LogP contribution in [0.3, 0.4) is 0 Å². The van der Waals surface area contributed by atoms with Crippen LogP contribution in [0.15, 0.2) is 42.5 Å². The molecule has 0 heterocycles. The Hall–Kier alpha value is -1.57. The summed E-state index contributed by atoms with van der Waals surface area (Å²) < 4.78 is 38.7. The second-order valence-corrected chi connectivity index (χ2v) is 6.01. The summed E-state index contributed by atoms with van der Waals surface area (Å²) in [5, 5.41) is 2.55. The number of carbonyl (C=O) groups excluding carboxylic acids is 1. The highest BCUT2D eigenvalue weighted by atomic mass is 127. The van der Waals surface area contributed by atoms with Crippen LogP contribution in [0, 0.1) is 10.5 Å². The van der Waals surface area contributed by atoms with Crippen LogP contribution < -0.4 is 5.32 Å². The fourth-order valence-corrected chi connectivity index (χ4v) is 2.44. The molecule has 0 aromatic heterocycles. The average Bonchev–Trinajstić information content (AvgIpc) is 2.42. The van der Waals surface area contributed by atoms with E-state index in [-0.39, 0.29) is 18.0 Å². The van der Waals surface area contributed by atoms with Crippen LogP contribution in [0.25, 0.3) is 0 Å². The Bertz CT molecular complexity index is 698. The predicted octanol–water partition coefficient (Wildman–Crippen LogP) is 4.80. The van der Waals surface area contributed by atoms with E-state index in [4.69, 9.17) is 0 Å². The lowest BCUT2D eigenvalue weighted by atomic mass is 10.1. The van der Waals surface area contributed by atoms with Gasteiger partial charge in [-0.05, 0) is 58.8 Å². The van der Waals surface area contributed by atoms with E-state index in [2.05, 4.69) is 5.32 Å². The summed E-state index contributed by atoms with van der Waals surface area (Å²) in [6, 6.07) is 10.7. The number of carbonyl (C=O) groups is 1. The van der Waals surface area contributed by atoms with E-state index in [0.29, 0.717) is 3.57 Å². The highest BCUT2D eigenvalue weighted by Crippen LogP contribution is 2.32. The minimum absolute atomic E-state index is 0.124. The fourth-order valence-electron chi connectivity index (χ4n) is 1.97. The molecule has 0 spiro atoms. The third-order valence-electron chi connectivity index (χ3n) is 3.18. The number of rotatable bonds is 3. The van der Waals surface area contributed by atoms with Gasteiger partial charge in [-0.25, -0.2) is 0 Å². The largest absolute Gasteiger partial charge is 0.416 e. The zero-order valence-electron chi connectivity index (χ0n) is 11.7. The van der Waals surface area contributed by atoms with Gasteiger partial charge in [0.25, 0.3) is 0 Å². The van der Waals surface area contributed by atoms with Crippen LogP contribution in [0.2, 0.25) is 0 Å². The molecule has 2 aromatic carbocycles. The standard InChI is InChI=1S/C16H13F3INO/c1-10-4-2-3-5-11(10)8-15(22)21-14-9-12(16(17,18)19)6-7-13(14)20/h2-7,9H,8H2,1H3,(H,21,22). The number of aryl methyl sites for hydroxylation is 1. The first-order valence-electron chi connectivity index (χ1n) is 6.48. The van der Waals surface area contributed by atoms with Gasteiger partial charge < -0.3 is 5.32 Å². The number of alkyl halides is 3. The molecular weight excluding hydrogens is 406 g/mol. The molecule has 0 aliphatic rings. The molecule has 0 aliphatic heterocycles. The van der Waals surface area contributed by atoms with Gasteiger partial charge in [-0.2, -0.15) is 13.2 Å². The summed E-state index contributed by atoms with van der Waals surface area (Å²) in [6.07, 6.45) is -4.31. The van der Waals surface area contributed by atoms with E-state index < -0.39 is 11.7 Å². The summed E-state index contributed by atoms with van der Waals surface area (Å²) in [5.41, 5.74) is 1.21. The Morgan fingerprint density at radius 1 is 1.18 bits per heavy atom. The monoisotopic (exact) mass is 419 g/mol. The Morgan fingerprint density at radius 3 is 2.50 bits per heavy atom. The molecule has 6 heteroatoms. The summed E-state index contributed by atoms with van der Waals surface area (Å²) in [6.45, 7) is 1.89. The number of halogens is 4. The van der Waals surface area contributed by atoms with Gasteiger partial charge in [-0.15, -0.1) is 0 Å². The summed E-state index contributed by atoms with van der Waals surface area (Å²) >= 11 is 1.89. The van der Waals surface area contributed by atoms with Gasteiger partial charge in [-0.1, -0.05) is 24.3 Å². The van der Waals surface area contributed by atoms with Crippen LogP contribution in [0.1, 0.15) is 16.7 Å². The van der Waals surface area contributed by atoms with E-state index in [0.717, 1.165) is 23.3 Å². The molecule has 2 aromatic rings. The number of nitrogens with one attached hydrogen (secondary N) is 1. The van der Waals surface area contributed by atoms with E-state index in [1.165, 1.54) is 6.07 Å². The minimum Gasteiger partial charge on any atom is -0.325 e. The Labute approximate surface area is 139 Å². The molecule has 0 aliphatic carbocycles. The lowest BCUT2D eigenvalue weighted by Gasteiger charge is -2.12. The van der Waals surface area contributed by atoms with Crippen LogP contribution in [-0.4, -0.2) is 5.91 Å². The van der Waals surface area contributed by atoms with E-state index in [9.17, 15) is 18.0 Å². The van der Waals surface area contributed by atoms with Crippen molar-refractivity contribution >= 4 is 34.2 Å². The number of hydrogen-bond donors (Lipinski definition) is 1. The van der Waals surface area contributed by atoms with Crippen LogP contribution in [-0.2, 0) is 17.4 Å². The Balaban J connectivity index is 2.17. The number of benzene rings is 2. The molecule has 1 N–H and O–H groups in total. The molecule has 2 nitrogen and oxygen atoms in total. The van der Waals surface area contributed by atoms with Crippen molar-refractivity contribution in [3.63, 3.8) is 0 Å². The van der Waals surface area contributed by atoms with Crippen molar-refractivity contribution in [1.82, 2.24) is 0 Å². The van der Waals surface area contributed by atoms with Gasteiger partial charge in [0.15, 0.2) is 0 Å². The molecular formula is C16H13F3INO. The molecule has 116 valence electrons. The van der Waals surface area contributed by atoms with Crippen LogP contribution in [0.4, 0.5) is 18.9 Å². The quantitative estimate of drug-likeness (QED) is 0.712. The summed E-state index contributed by atoms with van der Waals surface area (Å²) in [5.74, 6) is -0.341. The fraction of sp³-hybridized carbons (Fsp3) is 0.188. The predicted molar refractivity (Wildman–Crippen MR) is 87.7 cm³/mol.